The zero-order valence-corrected chi connectivity index (χ0v) is 14.9. The monoisotopic (exact) mass is 354 g/mol. The normalized spacial score (nSPS) is 16.1. The van der Waals surface area contributed by atoms with E-state index in [0.717, 1.165) is 31.4 Å². The summed E-state index contributed by atoms with van der Waals surface area (Å²) in [6.45, 7) is 0. The summed E-state index contributed by atoms with van der Waals surface area (Å²) in [7, 11) is 0. The largest absolute Gasteiger partial charge is 0.352 e. The highest BCUT2D eigenvalue weighted by atomic mass is 35.5. The van der Waals surface area contributed by atoms with Gasteiger partial charge in [-0.3, -0.25) is 9.59 Å². The van der Waals surface area contributed by atoms with Gasteiger partial charge >= 0.3 is 0 Å². The number of amides is 2. The first-order valence-corrected chi connectivity index (χ1v) is 9.73. The minimum Gasteiger partial charge on any atom is -0.352 e. The third-order valence-corrected chi connectivity index (χ3v) is 5.03. The number of thioether (sulfide) groups is 1. The van der Waals surface area contributed by atoms with Crippen LogP contribution in [0, 0.1) is 0 Å². The van der Waals surface area contributed by atoms with E-state index in [9.17, 15) is 9.59 Å². The minimum atomic E-state index is -0.521. The van der Waals surface area contributed by atoms with Crippen molar-refractivity contribution in [3.05, 3.63) is 34.9 Å². The molecule has 0 saturated heterocycles. The molecule has 126 valence electrons. The molecule has 2 rings (SSSR count). The van der Waals surface area contributed by atoms with Crippen LogP contribution in [0.5, 0.6) is 0 Å². The fourth-order valence-electron chi connectivity index (χ4n) is 2.76. The van der Waals surface area contributed by atoms with E-state index in [2.05, 4.69) is 10.6 Å². The Bertz CT molecular complexity index is 547. The van der Waals surface area contributed by atoms with Crippen LogP contribution < -0.4 is 10.6 Å². The van der Waals surface area contributed by atoms with Gasteiger partial charge in [-0.2, -0.15) is 11.8 Å². The standard InChI is InChI=1S/C17H23ClN2O2S/c1-23-11-10-15(17(22)19-12-6-2-3-7-12)20-16(21)13-8-4-5-9-14(13)18/h4-5,8-9,12,15H,2-3,6-7,10-11H2,1H3,(H,19,22)(H,20,21). The second kappa shape index (κ2) is 9.18. The second-order valence-electron chi connectivity index (χ2n) is 5.78. The Hall–Kier alpha value is -1.20. The highest BCUT2D eigenvalue weighted by Gasteiger charge is 2.25. The van der Waals surface area contributed by atoms with Gasteiger partial charge in [-0.1, -0.05) is 36.6 Å². The zero-order valence-electron chi connectivity index (χ0n) is 13.3. The van der Waals surface area contributed by atoms with Crippen LogP contribution in [0.2, 0.25) is 5.02 Å². The van der Waals surface area contributed by atoms with Gasteiger partial charge in [0, 0.05) is 6.04 Å². The predicted octanol–water partition coefficient (Wildman–Crippen LogP) is 3.25. The first kappa shape index (κ1) is 18.1. The molecule has 1 aliphatic carbocycles. The summed E-state index contributed by atoms with van der Waals surface area (Å²) in [5.74, 6) is 0.417. The minimum absolute atomic E-state index is 0.0913. The third-order valence-electron chi connectivity index (χ3n) is 4.05. The van der Waals surface area contributed by atoms with Gasteiger partial charge in [0.15, 0.2) is 0 Å². The molecule has 0 spiro atoms. The number of hydrogen-bond donors (Lipinski definition) is 2. The van der Waals surface area contributed by atoms with Crippen molar-refractivity contribution in [2.75, 3.05) is 12.0 Å². The Morgan fingerprint density at radius 2 is 2.00 bits per heavy atom. The van der Waals surface area contributed by atoms with Crippen molar-refractivity contribution < 1.29 is 9.59 Å². The maximum Gasteiger partial charge on any atom is 0.253 e. The van der Waals surface area contributed by atoms with E-state index in [4.69, 9.17) is 11.6 Å². The Labute approximate surface area is 146 Å². The molecule has 0 radical (unpaired) electrons. The molecule has 1 aromatic carbocycles. The van der Waals surface area contributed by atoms with E-state index in [-0.39, 0.29) is 17.9 Å². The lowest BCUT2D eigenvalue weighted by Gasteiger charge is -2.21. The fourth-order valence-corrected chi connectivity index (χ4v) is 3.45. The van der Waals surface area contributed by atoms with Crippen molar-refractivity contribution in [1.29, 1.82) is 0 Å². The van der Waals surface area contributed by atoms with Gasteiger partial charge in [0.05, 0.1) is 10.6 Å². The van der Waals surface area contributed by atoms with Crippen LogP contribution in [-0.4, -0.2) is 35.9 Å². The van der Waals surface area contributed by atoms with E-state index < -0.39 is 6.04 Å². The summed E-state index contributed by atoms with van der Waals surface area (Å²) in [4.78, 5) is 24.9. The maximum atomic E-state index is 12.5. The number of benzene rings is 1. The molecule has 1 aromatic rings. The number of rotatable bonds is 7. The van der Waals surface area contributed by atoms with Gasteiger partial charge < -0.3 is 10.6 Å². The summed E-state index contributed by atoms with van der Waals surface area (Å²) < 4.78 is 0. The molecule has 1 saturated carbocycles. The van der Waals surface area contributed by atoms with Crippen molar-refractivity contribution in [1.82, 2.24) is 10.6 Å². The van der Waals surface area contributed by atoms with Gasteiger partial charge in [0.2, 0.25) is 5.91 Å². The van der Waals surface area contributed by atoms with Crippen molar-refractivity contribution in [3.8, 4) is 0 Å². The molecule has 0 aromatic heterocycles. The summed E-state index contributed by atoms with van der Waals surface area (Å²) in [5, 5.41) is 6.29. The van der Waals surface area contributed by atoms with Crippen LogP contribution in [0.25, 0.3) is 0 Å². The molecule has 0 aliphatic heterocycles. The molecule has 2 N–H and O–H groups in total. The molecular formula is C17H23ClN2O2S. The van der Waals surface area contributed by atoms with Gasteiger partial charge in [0.25, 0.3) is 5.91 Å². The molecule has 23 heavy (non-hydrogen) atoms. The Balaban J connectivity index is 2.00. The van der Waals surface area contributed by atoms with E-state index >= 15 is 0 Å². The first-order valence-electron chi connectivity index (χ1n) is 7.96. The second-order valence-corrected chi connectivity index (χ2v) is 7.17. The zero-order chi connectivity index (χ0) is 16.7. The van der Waals surface area contributed by atoms with Crippen LogP contribution in [-0.2, 0) is 4.79 Å². The van der Waals surface area contributed by atoms with E-state index in [1.165, 1.54) is 0 Å². The lowest BCUT2D eigenvalue weighted by molar-refractivity contribution is -0.123. The number of halogens is 1. The SMILES string of the molecule is CSCCC(NC(=O)c1ccccc1Cl)C(=O)NC1CCCC1. The smallest absolute Gasteiger partial charge is 0.253 e. The topological polar surface area (TPSA) is 58.2 Å². The average molecular weight is 355 g/mol. The van der Waals surface area contributed by atoms with Crippen LogP contribution >= 0.6 is 23.4 Å². The van der Waals surface area contributed by atoms with E-state index in [1.54, 1.807) is 36.0 Å². The summed E-state index contributed by atoms with van der Waals surface area (Å²) in [5.41, 5.74) is 0.400. The number of carbonyl (C=O) groups is 2. The van der Waals surface area contributed by atoms with Gasteiger partial charge in [-0.25, -0.2) is 0 Å². The molecule has 1 fully saturated rings. The molecule has 0 heterocycles. The van der Waals surface area contributed by atoms with Crippen LogP contribution in [0.3, 0.4) is 0 Å². The summed E-state index contributed by atoms with van der Waals surface area (Å²) in [6.07, 6.45) is 6.97. The fraction of sp³-hybridized carbons (Fsp3) is 0.529. The summed E-state index contributed by atoms with van der Waals surface area (Å²) >= 11 is 7.72. The highest BCUT2D eigenvalue weighted by molar-refractivity contribution is 7.98. The molecule has 0 bridgehead atoms. The van der Waals surface area contributed by atoms with Crippen molar-refractivity contribution in [3.63, 3.8) is 0 Å². The third kappa shape index (κ3) is 5.43. The van der Waals surface area contributed by atoms with Crippen molar-refractivity contribution >= 4 is 35.2 Å². The van der Waals surface area contributed by atoms with Gasteiger partial charge in [-0.15, -0.1) is 0 Å². The Kier molecular flexibility index (Phi) is 7.24. The molecule has 1 aliphatic rings. The van der Waals surface area contributed by atoms with Crippen molar-refractivity contribution in [2.24, 2.45) is 0 Å². The Morgan fingerprint density at radius 1 is 1.30 bits per heavy atom. The molecule has 6 heteroatoms. The van der Waals surface area contributed by atoms with E-state index in [0.29, 0.717) is 17.0 Å². The lowest BCUT2D eigenvalue weighted by atomic mass is 10.1. The molecule has 1 unspecified atom stereocenters. The first-order chi connectivity index (χ1) is 11.1. The summed E-state index contributed by atoms with van der Waals surface area (Å²) in [6, 6.07) is 6.60. The van der Waals surface area contributed by atoms with Crippen molar-refractivity contribution in [2.45, 2.75) is 44.2 Å². The average Bonchev–Trinajstić information content (AvgIpc) is 3.04. The van der Waals surface area contributed by atoms with Gasteiger partial charge in [0.1, 0.15) is 6.04 Å². The maximum absolute atomic E-state index is 12.5. The lowest BCUT2D eigenvalue weighted by Crippen LogP contribution is -2.49. The molecule has 2 amide bonds. The number of hydrogen-bond acceptors (Lipinski definition) is 3. The van der Waals surface area contributed by atoms with Gasteiger partial charge in [-0.05, 0) is 43.4 Å². The quantitative estimate of drug-likeness (QED) is 0.790. The number of carbonyl (C=O) groups excluding carboxylic acids is 2. The van der Waals surface area contributed by atoms with E-state index in [1.807, 2.05) is 6.26 Å². The number of nitrogens with one attached hydrogen (secondary N) is 2. The molecular weight excluding hydrogens is 332 g/mol. The van der Waals surface area contributed by atoms with Crippen LogP contribution in [0.1, 0.15) is 42.5 Å². The van der Waals surface area contributed by atoms with Crippen LogP contribution in [0.15, 0.2) is 24.3 Å². The molecule has 4 nitrogen and oxygen atoms in total. The van der Waals surface area contributed by atoms with Crippen LogP contribution in [0.4, 0.5) is 0 Å². The molecule has 1 atom stereocenters. The predicted molar refractivity (Wildman–Crippen MR) is 96.1 cm³/mol. The Morgan fingerprint density at radius 3 is 2.65 bits per heavy atom. The highest BCUT2D eigenvalue weighted by Crippen LogP contribution is 2.18.